The number of rotatable bonds is 4. The van der Waals surface area contributed by atoms with Gasteiger partial charge in [0.2, 0.25) is 0 Å². The first-order valence-corrected chi connectivity index (χ1v) is 7.94. The Balaban J connectivity index is 2.04. The summed E-state index contributed by atoms with van der Waals surface area (Å²) in [7, 11) is 0. The molecule has 2 N–H and O–H groups in total. The molecule has 2 atom stereocenters. The lowest BCUT2D eigenvalue weighted by Crippen LogP contribution is -2.40. The smallest absolute Gasteiger partial charge is 0.317 e. The van der Waals surface area contributed by atoms with Crippen LogP contribution in [-0.2, 0) is 4.79 Å². The van der Waals surface area contributed by atoms with Crippen molar-refractivity contribution >= 4 is 27.9 Å². The molecule has 0 spiro atoms. The van der Waals surface area contributed by atoms with Gasteiger partial charge < -0.3 is 15.3 Å². The van der Waals surface area contributed by atoms with Crippen LogP contribution in [0.15, 0.2) is 22.7 Å². The first-order chi connectivity index (χ1) is 10.4. The summed E-state index contributed by atoms with van der Waals surface area (Å²) in [5.41, 5.74) is 0.678. The van der Waals surface area contributed by atoms with Crippen molar-refractivity contribution in [2.75, 3.05) is 13.1 Å². The number of hydrogen-bond donors (Lipinski definition) is 2. The molecule has 7 heteroatoms. The van der Waals surface area contributed by atoms with E-state index in [1.807, 2.05) is 6.92 Å². The summed E-state index contributed by atoms with van der Waals surface area (Å²) < 4.78 is 14.1. The van der Waals surface area contributed by atoms with E-state index in [9.17, 15) is 14.0 Å². The summed E-state index contributed by atoms with van der Waals surface area (Å²) >= 11 is 3.24. The SMILES string of the molecule is CCC(NC(=O)N1CCC(C(=O)O)C1)c1cc(F)cc(Br)c1. The molecule has 0 aliphatic carbocycles. The lowest BCUT2D eigenvalue weighted by Gasteiger charge is -2.23. The number of carbonyl (C=O) groups excluding carboxylic acids is 1. The summed E-state index contributed by atoms with van der Waals surface area (Å²) in [6.45, 7) is 2.53. The molecule has 0 radical (unpaired) electrons. The van der Waals surface area contributed by atoms with Gasteiger partial charge in [0.15, 0.2) is 0 Å². The number of carbonyl (C=O) groups is 2. The molecule has 0 aromatic heterocycles. The molecular formula is C15H18BrFN2O3. The van der Waals surface area contributed by atoms with E-state index < -0.39 is 11.9 Å². The van der Waals surface area contributed by atoms with Crippen molar-refractivity contribution in [3.63, 3.8) is 0 Å². The second kappa shape index (κ2) is 7.09. The van der Waals surface area contributed by atoms with Gasteiger partial charge in [-0.1, -0.05) is 22.9 Å². The number of urea groups is 1. The van der Waals surface area contributed by atoms with Gasteiger partial charge in [-0.2, -0.15) is 0 Å². The zero-order valence-corrected chi connectivity index (χ0v) is 13.8. The van der Waals surface area contributed by atoms with E-state index in [0.29, 0.717) is 29.4 Å². The fraction of sp³-hybridized carbons (Fsp3) is 0.467. The van der Waals surface area contributed by atoms with Crippen LogP contribution in [0.3, 0.4) is 0 Å². The molecule has 1 heterocycles. The van der Waals surface area contributed by atoms with Crippen LogP contribution in [0.25, 0.3) is 0 Å². The molecule has 1 saturated heterocycles. The van der Waals surface area contributed by atoms with Gasteiger partial charge in [-0.15, -0.1) is 0 Å². The Morgan fingerprint density at radius 2 is 2.23 bits per heavy atom. The van der Waals surface area contributed by atoms with Crippen LogP contribution in [0.1, 0.15) is 31.4 Å². The predicted octanol–water partition coefficient (Wildman–Crippen LogP) is 3.16. The van der Waals surface area contributed by atoms with Gasteiger partial charge in [0, 0.05) is 17.6 Å². The van der Waals surface area contributed by atoms with Gasteiger partial charge in [-0.3, -0.25) is 4.79 Å². The number of aliphatic carboxylic acids is 1. The topological polar surface area (TPSA) is 69.6 Å². The van der Waals surface area contributed by atoms with Crippen LogP contribution in [0.5, 0.6) is 0 Å². The third-order valence-electron chi connectivity index (χ3n) is 3.82. The number of nitrogens with one attached hydrogen (secondary N) is 1. The van der Waals surface area contributed by atoms with E-state index in [1.54, 1.807) is 6.07 Å². The van der Waals surface area contributed by atoms with Gasteiger partial charge in [-0.05, 0) is 36.6 Å². The van der Waals surface area contributed by atoms with Crippen LogP contribution < -0.4 is 5.32 Å². The highest BCUT2D eigenvalue weighted by atomic mass is 79.9. The molecule has 22 heavy (non-hydrogen) atoms. The normalized spacial score (nSPS) is 19.0. The van der Waals surface area contributed by atoms with Crippen LogP contribution in [0.4, 0.5) is 9.18 Å². The van der Waals surface area contributed by atoms with Gasteiger partial charge in [0.1, 0.15) is 5.82 Å². The Bertz CT molecular complexity index is 562. The molecule has 1 fully saturated rings. The molecule has 0 saturated carbocycles. The Hall–Kier alpha value is -1.63. The standard InChI is InChI=1S/C15H18BrFN2O3/c1-2-13(10-5-11(16)7-12(17)6-10)18-15(22)19-4-3-9(8-19)14(20)21/h5-7,9,13H,2-4,8H2,1H3,(H,18,22)(H,20,21). The maximum atomic E-state index is 13.5. The highest BCUT2D eigenvalue weighted by Crippen LogP contribution is 2.24. The minimum Gasteiger partial charge on any atom is -0.481 e. The van der Waals surface area contributed by atoms with Crippen molar-refractivity contribution in [1.82, 2.24) is 10.2 Å². The Morgan fingerprint density at radius 1 is 1.50 bits per heavy atom. The zero-order valence-electron chi connectivity index (χ0n) is 12.2. The van der Waals surface area contributed by atoms with Gasteiger partial charge in [0.05, 0.1) is 12.0 Å². The van der Waals surface area contributed by atoms with Crippen molar-refractivity contribution in [1.29, 1.82) is 0 Å². The number of halogens is 2. The third kappa shape index (κ3) is 3.97. The van der Waals surface area contributed by atoms with Crippen LogP contribution in [-0.4, -0.2) is 35.1 Å². The van der Waals surface area contributed by atoms with Crippen molar-refractivity contribution < 1.29 is 19.1 Å². The molecule has 1 aromatic rings. The second-order valence-corrected chi connectivity index (χ2v) is 6.30. The Kier molecular flexibility index (Phi) is 5.39. The highest BCUT2D eigenvalue weighted by Gasteiger charge is 2.31. The number of nitrogens with zero attached hydrogens (tertiary/aromatic N) is 1. The molecule has 0 bridgehead atoms. The van der Waals surface area contributed by atoms with Crippen LogP contribution in [0.2, 0.25) is 0 Å². The van der Waals surface area contributed by atoms with Crippen LogP contribution in [0, 0.1) is 11.7 Å². The summed E-state index contributed by atoms with van der Waals surface area (Å²) in [5.74, 6) is -1.75. The van der Waals surface area contributed by atoms with E-state index >= 15 is 0 Å². The zero-order chi connectivity index (χ0) is 16.3. The third-order valence-corrected chi connectivity index (χ3v) is 4.28. The summed E-state index contributed by atoms with van der Waals surface area (Å²) in [6, 6.07) is 3.89. The molecule has 1 aliphatic heterocycles. The van der Waals surface area contributed by atoms with Crippen LogP contribution >= 0.6 is 15.9 Å². The summed E-state index contributed by atoms with van der Waals surface area (Å²) in [6.07, 6.45) is 1.07. The first kappa shape index (κ1) is 16.7. The molecule has 1 aromatic carbocycles. The second-order valence-electron chi connectivity index (χ2n) is 5.38. The lowest BCUT2D eigenvalue weighted by molar-refractivity contribution is -0.141. The van der Waals surface area contributed by atoms with Crippen molar-refractivity contribution in [3.8, 4) is 0 Å². The van der Waals surface area contributed by atoms with Crippen molar-refractivity contribution in [2.24, 2.45) is 5.92 Å². The van der Waals surface area contributed by atoms with Crippen molar-refractivity contribution in [2.45, 2.75) is 25.8 Å². The minimum absolute atomic E-state index is 0.213. The number of likely N-dealkylation sites (tertiary alicyclic amines) is 1. The molecule has 1 aliphatic rings. The molecule has 2 unspecified atom stereocenters. The highest BCUT2D eigenvalue weighted by molar-refractivity contribution is 9.10. The van der Waals surface area contributed by atoms with E-state index in [-0.39, 0.29) is 24.4 Å². The van der Waals surface area contributed by atoms with E-state index in [4.69, 9.17) is 5.11 Å². The maximum Gasteiger partial charge on any atom is 0.317 e. The van der Waals surface area contributed by atoms with Crippen molar-refractivity contribution in [3.05, 3.63) is 34.1 Å². The molecule has 5 nitrogen and oxygen atoms in total. The number of hydrogen-bond acceptors (Lipinski definition) is 2. The number of carboxylic acid groups (broad SMARTS) is 1. The van der Waals surface area contributed by atoms with E-state index in [2.05, 4.69) is 21.2 Å². The number of carboxylic acids is 1. The van der Waals surface area contributed by atoms with E-state index in [1.165, 1.54) is 17.0 Å². The average molecular weight is 373 g/mol. The summed E-state index contributed by atoms with van der Waals surface area (Å²) in [4.78, 5) is 24.7. The molecule has 120 valence electrons. The average Bonchev–Trinajstić information content (AvgIpc) is 2.93. The minimum atomic E-state index is -0.878. The fourth-order valence-electron chi connectivity index (χ4n) is 2.58. The summed E-state index contributed by atoms with van der Waals surface area (Å²) in [5, 5.41) is 11.8. The van der Waals surface area contributed by atoms with Gasteiger partial charge in [-0.25, -0.2) is 9.18 Å². The quantitative estimate of drug-likeness (QED) is 0.852. The molecular weight excluding hydrogens is 355 g/mol. The largest absolute Gasteiger partial charge is 0.481 e. The maximum absolute atomic E-state index is 13.5. The monoisotopic (exact) mass is 372 g/mol. The van der Waals surface area contributed by atoms with E-state index in [0.717, 1.165) is 0 Å². The lowest BCUT2D eigenvalue weighted by atomic mass is 10.0. The number of amides is 2. The molecule has 2 rings (SSSR count). The predicted molar refractivity (Wildman–Crippen MR) is 83.0 cm³/mol. The Labute approximate surface area is 136 Å². The van der Waals surface area contributed by atoms with Gasteiger partial charge >= 0.3 is 12.0 Å². The molecule has 2 amide bonds. The number of benzene rings is 1. The first-order valence-electron chi connectivity index (χ1n) is 7.15. The Morgan fingerprint density at radius 3 is 2.77 bits per heavy atom. The van der Waals surface area contributed by atoms with Gasteiger partial charge in [0.25, 0.3) is 0 Å². The fourth-order valence-corrected chi connectivity index (χ4v) is 3.07.